The molecule has 0 spiro atoms. The highest BCUT2D eigenvalue weighted by atomic mass is 16.5. The first-order valence-corrected chi connectivity index (χ1v) is 11.5. The summed E-state index contributed by atoms with van der Waals surface area (Å²) < 4.78 is 5.63. The molecule has 2 atom stereocenters. The number of nitrogens with zero attached hydrogens (tertiary/aromatic N) is 1. The lowest BCUT2D eigenvalue weighted by Gasteiger charge is -2.19. The number of fused-ring (bicyclic) bond motifs is 3. The van der Waals surface area contributed by atoms with E-state index in [1.54, 1.807) is 7.05 Å². The predicted octanol–water partition coefficient (Wildman–Crippen LogP) is 4.02. The highest BCUT2D eigenvalue weighted by Gasteiger charge is 2.31. The molecule has 2 N–H and O–H groups in total. The van der Waals surface area contributed by atoms with Crippen LogP contribution >= 0.6 is 0 Å². The van der Waals surface area contributed by atoms with E-state index in [2.05, 4.69) is 29.6 Å². The third kappa shape index (κ3) is 5.35. The maximum Gasteiger partial charge on any atom is 0.407 e. The number of nitrogens with one attached hydrogen (secondary N) is 1. The van der Waals surface area contributed by atoms with E-state index in [9.17, 15) is 14.4 Å². The molecule has 0 aromatic heterocycles. The Bertz CT molecular complexity index is 991. The Labute approximate surface area is 193 Å². The van der Waals surface area contributed by atoms with Crippen LogP contribution in [0.1, 0.15) is 49.1 Å². The molecule has 2 aliphatic carbocycles. The number of carbonyl (C=O) groups is 3. The summed E-state index contributed by atoms with van der Waals surface area (Å²) in [5.41, 5.74) is 4.74. The first-order valence-electron chi connectivity index (χ1n) is 11.5. The van der Waals surface area contributed by atoms with E-state index in [0.717, 1.165) is 19.3 Å². The summed E-state index contributed by atoms with van der Waals surface area (Å²) in [6, 6.07) is 16.4. The van der Waals surface area contributed by atoms with Crippen molar-refractivity contribution in [3.8, 4) is 11.1 Å². The Morgan fingerprint density at radius 3 is 2.30 bits per heavy atom. The van der Waals surface area contributed by atoms with Crippen molar-refractivity contribution in [2.24, 2.45) is 5.92 Å². The number of hydrogen-bond donors (Lipinski definition) is 2. The average Bonchev–Trinajstić information content (AvgIpc) is 3.37. The fourth-order valence-electron chi connectivity index (χ4n) is 4.99. The first kappa shape index (κ1) is 22.8. The number of carboxylic acid groups (broad SMARTS) is 1. The fourth-order valence-corrected chi connectivity index (χ4v) is 4.99. The summed E-state index contributed by atoms with van der Waals surface area (Å²) in [5.74, 6) is -0.756. The summed E-state index contributed by atoms with van der Waals surface area (Å²) in [6.45, 7) is 0.491. The Morgan fingerprint density at radius 1 is 1.03 bits per heavy atom. The van der Waals surface area contributed by atoms with E-state index in [-0.39, 0.29) is 43.4 Å². The molecule has 1 fully saturated rings. The molecule has 2 aliphatic rings. The van der Waals surface area contributed by atoms with Gasteiger partial charge in [-0.2, -0.15) is 0 Å². The summed E-state index contributed by atoms with van der Waals surface area (Å²) in [7, 11) is 1.63. The van der Waals surface area contributed by atoms with Gasteiger partial charge in [-0.1, -0.05) is 48.5 Å². The molecule has 2 amide bonds. The molecule has 2 aromatic rings. The topological polar surface area (TPSA) is 95.9 Å². The first-order chi connectivity index (χ1) is 15.9. The van der Waals surface area contributed by atoms with Gasteiger partial charge in [0.15, 0.2) is 0 Å². The second-order valence-electron chi connectivity index (χ2n) is 9.01. The molecule has 7 heteroatoms. The summed E-state index contributed by atoms with van der Waals surface area (Å²) in [6.07, 6.45) is 2.28. The third-order valence-corrected chi connectivity index (χ3v) is 6.76. The fraction of sp³-hybridized carbons (Fsp3) is 0.423. The molecular weight excluding hydrogens is 420 g/mol. The molecule has 2 aromatic carbocycles. The molecule has 0 bridgehead atoms. The van der Waals surface area contributed by atoms with Gasteiger partial charge in [0.25, 0.3) is 0 Å². The van der Waals surface area contributed by atoms with Crippen molar-refractivity contribution in [1.82, 2.24) is 10.2 Å². The number of benzene rings is 2. The molecule has 1 saturated carbocycles. The largest absolute Gasteiger partial charge is 0.481 e. The number of aliphatic carboxylic acids is 1. The van der Waals surface area contributed by atoms with Crippen LogP contribution in [0.15, 0.2) is 48.5 Å². The van der Waals surface area contributed by atoms with Gasteiger partial charge in [-0.25, -0.2) is 4.79 Å². The molecule has 0 radical (unpaired) electrons. The Balaban J connectivity index is 1.25. The SMILES string of the molecule is CN(CCC(=O)O)C(=O)CC1CCC(NC(=O)OCC2c3ccccc3-c3ccccc32)C1. The minimum absolute atomic E-state index is 0.0113. The number of carbonyl (C=O) groups excluding carboxylic acids is 2. The van der Waals surface area contributed by atoms with E-state index >= 15 is 0 Å². The van der Waals surface area contributed by atoms with Crippen molar-refractivity contribution in [3.63, 3.8) is 0 Å². The predicted molar refractivity (Wildman–Crippen MR) is 124 cm³/mol. The van der Waals surface area contributed by atoms with Gasteiger partial charge in [0.2, 0.25) is 5.91 Å². The van der Waals surface area contributed by atoms with Crippen LogP contribution in [0.3, 0.4) is 0 Å². The number of hydrogen-bond acceptors (Lipinski definition) is 4. The van der Waals surface area contributed by atoms with E-state index in [0.29, 0.717) is 6.42 Å². The lowest BCUT2D eigenvalue weighted by atomic mass is 9.98. The van der Waals surface area contributed by atoms with Crippen LogP contribution in [-0.2, 0) is 14.3 Å². The van der Waals surface area contributed by atoms with Gasteiger partial charge in [0.1, 0.15) is 6.61 Å². The molecule has 0 aliphatic heterocycles. The zero-order chi connectivity index (χ0) is 23.4. The van der Waals surface area contributed by atoms with E-state index < -0.39 is 12.1 Å². The van der Waals surface area contributed by atoms with Gasteiger partial charge in [-0.05, 0) is 47.4 Å². The van der Waals surface area contributed by atoms with Gasteiger partial charge >= 0.3 is 12.1 Å². The Kier molecular flexibility index (Phi) is 6.96. The van der Waals surface area contributed by atoms with Gasteiger partial charge < -0.3 is 20.1 Å². The molecule has 7 nitrogen and oxygen atoms in total. The van der Waals surface area contributed by atoms with Crippen LogP contribution in [0, 0.1) is 5.92 Å². The number of ether oxygens (including phenoxy) is 1. The van der Waals surface area contributed by atoms with E-state index in [4.69, 9.17) is 9.84 Å². The van der Waals surface area contributed by atoms with Crippen LogP contribution in [-0.4, -0.2) is 54.2 Å². The minimum atomic E-state index is -0.914. The van der Waals surface area contributed by atoms with Crippen LogP contribution in [0.5, 0.6) is 0 Å². The van der Waals surface area contributed by atoms with Crippen LogP contribution < -0.4 is 5.32 Å². The highest BCUT2D eigenvalue weighted by molar-refractivity contribution is 5.79. The van der Waals surface area contributed by atoms with Crippen LogP contribution in [0.4, 0.5) is 4.79 Å². The number of amides is 2. The standard InChI is InChI=1S/C26H30N2O5/c1-28(13-12-25(30)31)24(29)15-17-10-11-18(14-17)27-26(32)33-16-23-21-8-4-2-6-19(21)20-7-3-5-9-22(20)23/h2-9,17-18,23H,10-16H2,1H3,(H,27,32)(H,30,31). The Hall–Kier alpha value is -3.35. The Morgan fingerprint density at radius 2 is 1.67 bits per heavy atom. The van der Waals surface area contributed by atoms with Gasteiger partial charge in [-0.15, -0.1) is 0 Å². The van der Waals surface area contributed by atoms with Crippen LogP contribution in [0.2, 0.25) is 0 Å². The van der Waals surface area contributed by atoms with Crippen molar-refractivity contribution in [2.75, 3.05) is 20.2 Å². The number of alkyl carbamates (subject to hydrolysis) is 1. The smallest absolute Gasteiger partial charge is 0.407 e. The van der Waals surface area contributed by atoms with Gasteiger partial charge in [0.05, 0.1) is 6.42 Å². The zero-order valence-corrected chi connectivity index (χ0v) is 18.8. The summed E-state index contributed by atoms with van der Waals surface area (Å²) in [5, 5.41) is 11.7. The monoisotopic (exact) mass is 450 g/mol. The maximum atomic E-state index is 12.5. The van der Waals surface area contributed by atoms with Crippen molar-refractivity contribution >= 4 is 18.0 Å². The molecule has 33 heavy (non-hydrogen) atoms. The minimum Gasteiger partial charge on any atom is -0.481 e. The van der Waals surface area contributed by atoms with Crippen molar-refractivity contribution in [3.05, 3.63) is 59.7 Å². The number of rotatable bonds is 8. The molecule has 0 heterocycles. The zero-order valence-electron chi connectivity index (χ0n) is 18.8. The molecular formula is C26H30N2O5. The van der Waals surface area contributed by atoms with Crippen molar-refractivity contribution < 1.29 is 24.2 Å². The van der Waals surface area contributed by atoms with Gasteiger partial charge in [0, 0.05) is 32.0 Å². The molecule has 174 valence electrons. The molecule has 2 unspecified atom stereocenters. The summed E-state index contributed by atoms with van der Waals surface area (Å²) in [4.78, 5) is 37.0. The molecule has 4 rings (SSSR count). The normalized spacial score (nSPS) is 18.9. The highest BCUT2D eigenvalue weighted by Crippen LogP contribution is 2.44. The quantitative estimate of drug-likeness (QED) is 0.633. The number of carboxylic acids is 1. The van der Waals surface area contributed by atoms with Crippen LogP contribution in [0.25, 0.3) is 11.1 Å². The lowest BCUT2D eigenvalue weighted by Crippen LogP contribution is -2.34. The van der Waals surface area contributed by atoms with E-state index in [1.807, 2.05) is 24.3 Å². The van der Waals surface area contributed by atoms with Crippen molar-refractivity contribution in [1.29, 1.82) is 0 Å². The summed E-state index contributed by atoms with van der Waals surface area (Å²) >= 11 is 0. The lowest BCUT2D eigenvalue weighted by molar-refractivity contribution is -0.138. The van der Waals surface area contributed by atoms with Gasteiger partial charge in [-0.3, -0.25) is 9.59 Å². The third-order valence-electron chi connectivity index (χ3n) is 6.76. The second-order valence-corrected chi connectivity index (χ2v) is 9.01. The van der Waals surface area contributed by atoms with E-state index in [1.165, 1.54) is 27.2 Å². The average molecular weight is 451 g/mol. The second kappa shape index (κ2) is 10.1. The molecule has 0 saturated heterocycles. The van der Waals surface area contributed by atoms with Crippen molar-refractivity contribution in [2.45, 2.75) is 44.1 Å². The maximum absolute atomic E-state index is 12.5.